The Balaban J connectivity index is 2.23. The summed E-state index contributed by atoms with van der Waals surface area (Å²) in [4.78, 5) is 37.1. The number of amides is 4. The van der Waals surface area contributed by atoms with Gasteiger partial charge in [-0.05, 0) is 31.5 Å². The van der Waals surface area contributed by atoms with Gasteiger partial charge in [0.05, 0.1) is 7.11 Å². The van der Waals surface area contributed by atoms with E-state index in [-0.39, 0.29) is 12.5 Å². The molecule has 1 saturated heterocycles. The van der Waals surface area contributed by atoms with Crippen LogP contribution < -0.4 is 15.4 Å². The summed E-state index contributed by atoms with van der Waals surface area (Å²) in [5.41, 5.74) is -0.555. The molecule has 4 amide bonds. The summed E-state index contributed by atoms with van der Waals surface area (Å²) in [6, 6.07) is 6.28. The molecule has 2 rings (SSSR count). The van der Waals surface area contributed by atoms with Crippen molar-refractivity contribution < 1.29 is 19.1 Å². The summed E-state index contributed by atoms with van der Waals surface area (Å²) in [6.07, 6.45) is 0. The van der Waals surface area contributed by atoms with Crippen LogP contribution in [0.3, 0.4) is 0 Å². The van der Waals surface area contributed by atoms with Crippen LogP contribution in [-0.2, 0) is 15.1 Å². The summed E-state index contributed by atoms with van der Waals surface area (Å²) < 4.78 is 5.08. The molecule has 1 heterocycles. The van der Waals surface area contributed by atoms with Gasteiger partial charge in [-0.25, -0.2) is 4.79 Å². The van der Waals surface area contributed by atoms with Crippen molar-refractivity contribution >= 4 is 17.8 Å². The second kappa shape index (κ2) is 6.05. The molecule has 7 nitrogen and oxygen atoms in total. The van der Waals surface area contributed by atoms with Gasteiger partial charge in [0.25, 0.3) is 5.91 Å². The van der Waals surface area contributed by atoms with Crippen LogP contribution in [0.2, 0.25) is 0 Å². The summed E-state index contributed by atoms with van der Waals surface area (Å²) in [5, 5.41) is 5.21. The van der Waals surface area contributed by atoms with E-state index in [0.717, 1.165) is 4.90 Å². The molecule has 0 aromatic heterocycles. The van der Waals surface area contributed by atoms with Crippen LogP contribution >= 0.6 is 0 Å². The van der Waals surface area contributed by atoms with Gasteiger partial charge in [-0.1, -0.05) is 12.1 Å². The number of nitrogens with zero attached hydrogens (tertiary/aromatic N) is 1. The molecule has 7 heteroatoms. The molecule has 0 bridgehead atoms. The number of benzene rings is 1. The molecular weight excluding hydrogens is 286 g/mol. The van der Waals surface area contributed by atoms with Crippen molar-refractivity contribution in [2.24, 2.45) is 0 Å². The first-order valence-electron chi connectivity index (χ1n) is 6.97. The van der Waals surface area contributed by atoms with Gasteiger partial charge in [0.15, 0.2) is 0 Å². The number of imide groups is 1. The van der Waals surface area contributed by atoms with Gasteiger partial charge in [0.1, 0.15) is 17.8 Å². The van der Waals surface area contributed by atoms with Crippen molar-refractivity contribution in [1.29, 1.82) is 0 Å². The van der Waals surface area contributed by atoms with Crippen molar-refractivity contribution in [1.82, 2.24) is 15.5 Å². The molecule has 0 saturated carbocycles. The maximum absolute atomic E-state index is 12.6. The number of nitrogens with one attached hydrogen (secondary N) is 2. The fourth-order valence-corrected chi connectivity index (χ4v) is 2.36. The SMILES string of the molecule is CCNC(=O)CN1C(=O)NC(C)(c2ccc(OC)cc2)C1=O. The predicted octanol–water partition coefficient (Wildman–Crippen LogP) is 0.598. The maximum Gasteiger partial charge on any atom is 0.325 e. The van der Waals surface area contributed by atoms with Crippen LogP contribution in [0.5, 0.6) is 5.75 Å². The van der Waals surface area contributed by atoms with Gasteiger partial charge in [0, 0.05) is 6.54 Å². The summed E-state index contributed by atoms with van der Waals surface area (Å²) in [6.45, 7) is 3.54. The average Bonchev–Trinajstić information content (AvgIpc) is 2.72. The minimum Gasteiger partial charge on any atom is -0.497 e. The topological polar surface area (TPSA) is 87.7 Å². The summed E-state index contributed by atoms with van der Waals surface area (Å²) >= 11 is 0. The van der Waals surface area contributed by atoms with Crippen LogP contribution in [0.4, 0.5) is 4.79 Å². The Hall–Kier alpha value is -2.57. The number of carbonyl (C=O) groups is 3. The van der Waals surface area contributed by atoms with Crippen molar-refractivity contribution in [3.8, 4) is 5.75 Å². The van der Waals surface area contributed by atoms with E-state index < -0.39 is 17.5 Å². The number of carbonyl (C=O) groups excluding carboxylic acids is 3. The molecule has 1 aromatic rings. The molecule has 22 heavy (non-hydrogen) atoms. The zero-order valence-corrected chi connectivity index (χ0v) is 12.8. The van der Waals surface area contributed by atoms with Crippen molar-refractivity contribution in [3.63, 3.8) is 0 Å². The number of ether oxygens (including phenoxy) is 1. The third-order valence-electron chi connectivity index (χ3n) is 3.62. The highest BCUT2D eigenvalue weighted by Crippen LogP contribution is 2.29. The van der Waals surface area contributed by atoms with Crippen molar-refractivity contribution in [2.45, 2.75) is 19.4 Å². The first kappa shape index (κ1) is 15.8. The average molecular weight is 305 g/mol. The van der Waals surface area contributed by atoms with Crippen molar-refractivity contribution in [3.05, 3.63) is 29.8 Å². The van der Waals surface area contributed by atoms with Crippen LogP contribution in [0.25, 0.3) is 0 Å². The Kier molecular flexibility index (Phi) is 4.35. The third kappa shape index (κ3) is 2.74. The first-order valence-corrected chi connectivity index (χ1v) is 6.97. The van der Waals surface area contributed by atoms with Crippen molar-refractivity contribution in [2.75, 3.05) is 20.2 Å². The molecule has 1 aromatic carbocycles. The van der Waals surface area contributed by atoms with Gasteiger partial charge in [-0.2, -0.15) is 0 Å². The number of hydrogen-bond donors (Lipinski definition) is 2. The molecule has 1 fully saturated rings. The minimum absolute atomic E-state index is 0.287. The number of hydrogen-bond acceptors (Lipinski definition) is 4. The molecule has 118 valence electrons. The van der Waals surface area contributed by atoms with Gasteiger partial charge < -0.3 is 15.4 Å². The van der Waals surface area contributed by atoms with E-state index in [1.54, 1.807) is 45.2 Å². The maximum atomic E-state index is 12.6. The second-order valence-electron chi connectivity index (χ2n) is 5.13. The normalized spacial score (nSPS) is 20.8. The summed E-state index contributed by atoms with van der Waals surface area (Å²) in [7, 11) is 1.55. The highest BCUT2D eigenvalue weighted by molar-refractivity contribution is 6.09. The monoisotopic (exact) mass is 305 g/mol. The molecule has 1 aliphatic heterocycles. The number of urea groups is 1. The van der Waals surface area contributed by atoms with Gasteiger partial charge in [-0.15, -0.1) is 0 Å². The molecule has 0 aliphatic carbocycles. The predicted molar refractivity (Wildman–Crippen MR) is 79.3 cm³/mol. The lowest BCUT2D eigenvalue weighted by atomic mass is 9.92. The zero-order chi connectivity index (χ0) is 16.3. The highest BCUT2D eigenvalue weighted by atomic mass is 16.5. The van der Waals surface area contributed by atoms with E-state index in [1.165, 1.54) is 0 Å². The fraction of sp³-hybridized carbons (Fsp3) is 0.400. The Labute approximate surface area is 128 Å². The molecule has 0 radical (unpaired) electrons. The molecule has 1 aliphatic rings. The number of likely N-dealkylation sites (N-methyl/N-ethyl adjacent to an activating group) is 1. The van der Waals surface area contributed by atoms with Crippen LogP contribution in [-0.4, -0.2) is 42.9 Å². The smallest absolute Gasteiger partial charge is 0.325 e. The van der Waals surface area contributed by atoms with Crippen LogP contribution in [0.1, 0.15) is 19.4 Å². The largest absolute Gasteiger partial charge is 0.497 e. The van der Waals surface area contributed by atoms with E-state index >= 15 is 0 Å². The Morgan fingerprint density at radius 3 is 2.50 bits per heavy atom. The molecule has 1 unspecified atom stereocenters. The molecular formula is C15H19N3O4. The lowest BCUT2D eigenvalue weighted by molar-refractivity contribution is -0.134. The Morgan fingerprint density at radius 2 is 1.95 bits per heavy atom. The van der Waals surface area contributed by atoms with E-state index in [0.29, 0.717) is 17.9 Å². The van der Waals surface area contributed by atoms with E-state index in [9.17, 15) is 14.4 Å². The Morgan fingerprint density at radius 1 is 1.32 bits per heavy atom. The van der Waals surface area contributed by atoms with Crippen LogP contribution in [0, 0.1) is 0 Å². The molecule has 1 atom stereocenters. The van der Waals surface area contributed by atoms with Crippen LogP contribution in [0.15, 0.2) is 24.3 Å². The Bertz CT molecular complexity index is 599. The third-order valence-corrected chi connectivity index (χ3v) is 3.62. The standard InChI is InChI=1S/C15H19N3O4/c1-4-16-12(19)9-18-13(20)15(2,17-14(18)21)10-5-7-11(22-3)8-6-10/h5-8H,4,9H2,1-3H3,(H,16,19)(H,17,21). The lowest BCUT2D eigenvalue weighted by Crippen LogP contribution is -2.43. The van der Waals surface area contributed by atoms with E-state index in [2.05, 4.69) is 10.6 Å². The zero-order valence-electron chi connectivity index (χ0n) is 12.8. The van der Waals surface area contributed by atoms with Gasteiger partial charge >= 0.3 is 6.03 Å². The number of methoxy groups -OCH3 is 1. The number of rotatable bonds is 5. The molecule has 2 N–H and O–H groups in total. The second-order valence-corrected chi connectivity index (χ2v) is 5.13. The van der Waals surface area contributed by atoms with E-state index in [1.807, 2.05) is 0 Å². The minimum atomic E-state index is -1.18. The van der Waals surface area contributed by atoms with Gasteiger partial charge in [-0.3, -0.25) is 14.5 Å². The van der Waals surface area contributed by atoms with E-state index in [4.69, 9.17) is 4.74 Å². The quantitative estimate of drug-likeness (QED) is 0.780. The fourth-order valence-electron chi connectivity index (χ4n) is 2.36. The van der Waals surface area contributed by atoms with Gasteiger partial charge in [0.2, 0.25) is 5.91 Å². The summed E-state index contributed by atoms with van der Waals surface area (Å²) in [5.74, 6) is -0.165. The highest BCUT2D eigenvalue weighted by Gasteiger charge is 2.49. The lowest BCUT2D eigenvalue weighted by Gasteiger charge is -2.22. The first-order chi connectivity index (χ1) is 10.4. The molecule has 0 spiro atoms.